The Hall–Kier alpha value is -2.40. The molecule has 1 heterocycles. The predicted octanol–water partition coefficient (Wildman–Crippen LogP) is 3.52. The van der Waals surface area contributed by atoms with Crippen LogP contribution in [0.2, 0.25) is 5.02 Å². The van der Waals surface area contributed by atoms with E-state index in [1.54, 1.807) is 41.9 Å². The zero-order valence-electron chi connectivity index (χ0n) is 14.0. The van der Waals surface area contributed by atoms with Crippen molar-refractivity contribution in [1.82, 2.24) is 9.78 Å². The maximum Gasteiger partial charge on any atom is 0.331 e. The molecule has 0 radical (unpaired) electrons. The van der Waals surface area contributed by atoms with Crippen molar-refractivity contribution in [3.63, 3.8) is 0 Å². The molecule has 0 aliphatic heterocycles. The quantitative estimate of drug-likeness (QED) is 0.472. The number of nitrogens with zero attached hydrogens (tertiary/aromatic N) is 2. The van der Waals surface area contributed by atoms with E-state index in [1.165, 1.54) is 6.08 Å². The van der Waals surface area contributed by atoms with Crippen LogP contribution >= 0.6 is 11.6 Å². The lowest BCUT2D eigenvalue weighted by Crippen LogP contribution is -2.23. The van der Waals surface area contributed by atoms with Crippen molar-refractivity contribution >= 4 is 29.4 Å². The average molecular weight is 347 g/mol. The Morgan fingerprint density at radius 3 is 2.42 bits per heavy atom. The molecule has 2 aromatic rings. The number of Topliss-reactive ketones (excluding diaryl/α,β-unsaturated/α-hetero) is 1. The summed E-state index contributed by atoms with van der Waals surface area (Å²) in [6.07, 6.45) is 2.08. The van der Waals surface area contributed by atoms with Crippen molar-refractivity contribution in [3.05, 3.63) is 57.9 Å². The van der Waals surface area contributed by atoms with Crippen LogP contribution in [-0.4, -0.2) is 27.6 Å². The van der Waals surface area contributed by atoms with Gasteiger partial charge in [-0.05, 0) is 51.1 Å². The number of carbonyl (C=O) groups is 2. The summed E-state index contributed by atoms with van der Waals surface area (Å²) in [4.78, 5) is 24.2. The molecule has 0 aliphatic rings. The summed E-state index contributed by atoms with van der Waals surface area (Å²) in [7, 11) is 1.84. The second-order valence-electron chi connectivity index (χ2n) is 5.49. The normalized spacial score (nSPS) is 12.4. The van der Waals surface area contributed by atoms with Gasteiger partial charge >= 0.3 is 5.97 Å². The molecule has 24 heavy (non-hydrogen) atoms. The highest BCUT2D eigenvalue weighted by Gasteiger charge is 2.18. The topological polar surface area (TPSA) is 61.2 Å². The van der Waals surface area contributed by atoms with Gasteiger partial charge in [0, 0.05) is 35.0 Å². The van der Waals surface area contributed by atoms with E-state index in [2.05, 4.69) is 5.10 Å². The summed E-state index contributed by atoms with van der Waals surface area (Å²) in [5.41, 5.74) is 3.08. The summed E-state index contributed by atoms with van der Waals surface area (Å²) >= 11 is 5.79. The van der Waals surface area contributed by atoms with Gasteiger partial charge in [0.2, 0.25) is 5.78 Å². The van der Waals surface area contributed by atoms with E-state index >= 15 is 0 Å². The minimum absolute atomic E-state index is 0.276. The highest BCUT2D eigenvalue weighted by Crippen LogP contribution is 2.15. The van der Waals surface area contributed by atoms with Crippen LogP contribution in [0.15, 0.2) is 30.3 Å². The monoisotopic (exact) mass is 346 g/mol. The minimum Gasteiger partial charge on any atom is -0.451 e. The molecule has 2 rings (SSSR count). The van der Waals surface area contributed by atoms with E-state index in [-0.39, 0.29) is 5.78 Å². The van der Waals surface area contributed by atoms with Crippen molar-refractivity contribution in [3.8, 4) is 0 Å². The number of ketones is 1. The van der Waals surface area contributed by atoms with Crippen LogP contribution in [0, 0.1) is 13.8 Å². The first kappa shape index (κ1) is 17.9. The Morgan fingerprint density at radius 2 is 1.88 bits per heavy atom. The lowest BCUT2D eigenvalue weighted by molar-refractivity contribution is -0.140. The Kier molecular flexibility index (Phi) is 5.57. The molecule has 0 spiro atoms. The van der Waals surface area contributed by atoms with Gasteiger partial charge in [0.25, 0.3) is 0 Å². The molecule has 5 nitrogen and oxygen atoms in total. The number of aryl methyl sites for hydroxylation is 2. The lowest BCUT2D eigenvalue weighted by Gasteiger charge is -2.10. The van der Waals surface area contributed by atoms with Crippen LogP contribution in [0.25, 0.3) is 6.08 Å². The standard InChI is InChI=1S/C18H19ClN2O3/c1-11-16(12(2)21(4)20-11)9-10-17(22)24-13(3)18(23)14-5-7-15(19)8-6-14/h5-10,13H,1-4H3/b10-9+/t13-/m0/s1. The molecule has 0 N–H and O–H groups in total. The van der Waals surface area contributed by atoms with E-state index in [0.717, 1.165) is 17.0 Å². The highest BCUT2D eigenvalue weighted by molar-refractivity contribution is 6.30. The molecule has 0 aliphatic carbocycles. The molecule has 0 fully saturated rings. The number of rotatable bonds is 5. The molecule has 0 saturated heterocycles. The lowest BCUT2D eigenvalue weighted by atomic mass is 10.1. The van der Waals surface area contributed by atoms with Crippen LogP contribution < -0.4 is 0 Å². The van der Waals surface area contributed by atoms with Gasteiger partial charge in [-0.15, -0.1) is 0 Å². The van der Waals surface area contributed by atoms with E-state index < -0.39 is 12.1 Å². The van der Waals surface area contributed by atoms with Gasteiger partial charge in [0.15, 0.2) is 6.10 Å². The molecular formula is C18H19ClN2O3. The fraction of sp³-hybridized carbons (Fsp3) is 0.278. The number of halogens is 1. The number of hydrogen-bond acceptors (Lipinski definition) is 4. The molecule has 0 bridgehead atoms. The van der Waals surface area contributed by atoms with E-state index in [4.69, 9.17) is 16.3 Å². The first-order valence-corrected chi connectivity index (χ1v) is 7.86. The first-order valence-electron chi connectivity index (χ1n) is 7.48. The third-order valence-corrected chi connectivity index (χ3v) is 3.99. The van der Waals surface area contributed by atoms with Crippen molar-refractivity contribution in [2.75, 3.05) is 0 Å². The van der Waals surface area contributed by atoms with E-state index in [1.807, 2.05) is 20.9 Å². The predicted molar refractivity (Wildman–Crippen MR) is 93.1 cm³/mol. The SMILES string of the molecule is Cc1nn(C)c(C)c1/C=C/C(=O)O[C@@H](C)C(=O)c1ccc(Cl)cc1. The van der Waals surface area contributed by atoms with Crippen molar-refractivity contribution < 1.29 is 14.3 Å². The van der Waals surface area contributed by atoms with Gasteiger partial charge in [0.1, 0.15) is 0 Å². The number of hydrogen-bond donors (Lipinski definition) is 0. The highest BCUT2D eigenvalue weighted by atomic mass is 35.5. The summed E-state index contributed by atoms with van der Waals surface area (Å²) in [5.74, 6) is -0.852. The summed E-state index contributed by atoms with van der Waals surface area (Å²) in [6.45, 7) is 5.33. The fourth-order valence-corrected chi connectivity index (χ4v) is 2.42. The van der Waals surface area contributed by atoms with Crippen LogP contribution in [0.5, 0.6) is 0 Å². The van der Waals surface area contributed by atoms with Crippen LogP contribution in [0.1, 0.15) is 34.2 Å². The van der Waals surface area contributed by atoms with Crippen molar-refractivity contribution in [2.45, 2.75) is 26.9 Å². The maximum absolute atomic E-state index is 12.2. The Bertz CT molecular complexity index is 791. The molecule has 0 saturated carbocycles. The molecule has 1 atom stereocenters. The zero-order valence-corrected chi connectivity index (χ0v) is 14.8. The summed E-state index contributed by atoms with van der Waals surface area (Å²) in [5, 5.41) is 4.82. The number of esters is 1. The van der Waals surface area contributed by atoms with Gasteiger partial charge in [-0.25, -0.2) is 4.79 Å². The molecule has 1 aromatic heterocycles. The Morgan fingerprint density at radius 1 is 1.25 bits per heavy atom. The average Bonchev–Trinajstić information content (AvgIpc) is 2.78. The van der Waals surface area contributed by atoms with Gasteiger partial charge in [-0.1, -0.05) is 11.6 Å². The number of ether oxygens (including phenoxy) is 1. The first-order chi connectivity index (χ1) is 11.3. The number of aromatic nitrogens is 2. The Balaban J connectivity index is 2.02. The fourth-order valence-electron chi connectivity index (χ4n) is 2.30. The summed E-state index contributed by atoms with van der Waals surface area (Å²) < 4.78 is 6.91. The van der Waals surface area contributed by atoms with Crippen LogP contribution in [0.3, 0.4) is 0 Å². The third kappa shape index (κ3) is 4.11. The maximum atomic E-state index is 12.2. The molecular weight excluding hydrogens is 328 g/mol. The second-order valence-corrected chi connectivity index (χ2v) is 5.93. The largest absolute Gasteiger partial charge is 0.451 e. The molecule has 1 aromatic carbocycles. The van der Waals surface area contributed by atoms with Gasteiger partial charge in [-0.3, -0.25) is 9.48 Å². The number of carbonyl (C=O) groups excluding carboxylic acids is 2. The molecule has 0 amide bonds. The molecule has 0 unspecified atom stereocenters. The smallest absolute Gasteiger partial charge is 0.331 e. The third-order valence-electron chi connectivity index (χ3n) is 3.74. The van der Waals surface area contributed by atoms with Gasteiger partial charge in [-0.2, -0.15) is 5.10 Å². The summed E-state index contributed by atoms with van der Waals surface area (Å²) in [6, 6.07) is 6.45. The van der Waals surface area contributed by atoms with Crippen molar-refractivity contribution in [2.24, 2.45) is 7.05 Å². The van der Waals surface area contributed by atoms with Gasteiger partial charge in [0.05, 0.1) is 5.69 Å². The van der Waals surface area contributed by atoms with Crippen molar-refractivity contribution in [1.29, 1.82) is 0 Å². The zero-order chi connectivity index (χ0) is 17.9. The van der Waals surface area contributed by atoms with Gasteiger partial charge < -0.3 is 4.74 Å². The van der Waals surface area contributed by atoms with Crippen LogP contribution in [-0.2, 0) is 16.6 Å². The second kappa shape index (κ2) is 7.45. The van der Waals surface area contributed by atoms with E-state index in [9.17, 15) is 9.59 Å². The minimum atomic E-state index is -0.876. The van der Waals surface area contributed by atoms with E-state index in [0.29, 0.717) is 10.6 Å². The Labute approximate surface area is 145 Å². The van der Waals surface area contributed by atoms with Crippen LogP contribution in [0.4, 0.5) is 0 Å². The number of benzene rings is 1. The molecule has 6 heteroatoms. The molecule has 126 valence electrons.